The van der Waals surface area contributed by atoms with Crippen LogP contribution >= 0.6 is 15.9 Å². The molecule has 2 N–H and O–H groups in total. The van der Waals surface area contributed by atoms with Gasteiger partial charge in [-0.3, -0.25) is 4.79 Å². The van der Waals surface area contributed by atoms with Crippen molar-refractivity contribution in [2.45, 2.75) is 26.3 Å². The monoisotopic (exact) mass is 317 g/mol. The Morgan fingerprint density at radius 3 is 2.67 bits per heavy atom. The number of hydrogen-bond acceptors (Lipinski definition) is 3. The highest BCUT2D eigenvalue weighted by Crippen LogP contribution is 2.12. The predicted octanol–water partition coefficient (Wildman–Crippen LogP) is 2.46. The summed E-state index contributed by atoms with van der Waals surface area (Å²) in [5, 5.41) is 14.2. The number of alkyl halides is 1. The van der Waals surface area contributed by atoms with E-state index in [1.165, 1.54) is 12.1 Å². The average Bonchev–Trinajstić information content (AvgIpc) is 2.77. The lowest BCUT2D eigenvalue weighted by atomic mass is 10.0. The van der Waals surface area contributed by atoms with E-state index in [0.717, 1.165) is 11.8 Å². The Kier molecular flexibility index (Phi) is 5.33. The number of nitrogens with one attached hydrogen (secondary N) is 2. The fourth-order valence-corrected chi connectivity index (χ4v) is 2.05. The van der Waals surface area contributed by atoms with Crippen LogP contribution in [-0.4, -0.2) is 27.2 Å². The molecule has 0 bridgehead atoms. The van der Waals surface area contributed by atoms with Gasteiger partial charge >= 0.3 is 5.82 Å². The summed E-state index contributed by atoms with van der Waals surface area (Å²) in [5.74, 6) is -0.194. The molecule has 100 valence electrons. The van der Waals surface area contributed by atoms with E-state index in [1.807, 2.05) is 13.8 Å². The lowest BCUT2D eigenvalue weighted by Gasteiger charge is -2.20. The summed E-state index contributed by atoms with van der Waals surface area (Å²) in [4.78, 5) is 24.3. The molecule has 0 radical (unpaired) electrons. The van der Waals surface area contributed by atoms with Crippen LogP contribution in [0.4, 0.5) is 5.82 Å². The molecule has 0 aliphatic rings. The van der Waals surface area contributed by atoms with Crippen LogP contribution < -0.4 is 5.32 Å². The largest absolute Gasteiger partial charge is 0.358 e. The Balaban J connectivity index is 2.71. The number of rotatable bonds is 6. The van der Waals surface area contributed by atoms with Gasteiger partial charge in [-0.05, 0) is 23.3 Å². The molecule has 0 fully saturated rings. The van der Waals surface area contributed by atoms with Crippen molar-refractivity contribution in [2.24, 2.45) is 5.92 Å². The molecule has 1 aromatic heterocycles. The van der Waals surface area contributed by atoms with E-state index in [4.69, 9.17) is 0 Å². The van der Waals surface area contributed by atoms with Gasteiger partial charge in [0.25, 0.3) is 5.91 Å². The molecule has 18 heavy (non-hydrogen) atoms. The third kappa shape index (κ3) is 3.83. The maximum absolute atomic E-state index is 11.9. The number of halogens is 1. The van der Waals surface area contributed by atoms with Crippen molar-refractivity contribution in [3.63, 3.8) is 0 Å². The minimum absolute atomic E-state index is 0.0410. The number of carbonyl (C=O) groups excluding carboxylic acids is 1. The number of hydrogen-bond donors (Lipinski definition) is 2. The van der Waals surface area contributed by atoms with Crippen molar-refractivity contribution in [2.75, 3.05) is 5.33 Å². The van der Waals surface area contributed by atoms with Crippen LogP contribution in [0.1, 0.15) is 30.8 Å². The van der Waals surface area contributed by atoms with E-state index in [1.54, 1.807) is 0 Å². The molecule has 0 aromatic carbocycles. The first-order valence-corrected chi connectivity index (χ1v) is 6.78. The Hall–Kier alpha value is -1.37. The van der Waals surface area contributed by atoms with Crippen LogP contribution in [0.15, 0.2) is 12.1 Å². The minimum atomic E-state index is -0.560. The number of carbonyl (C=O) groups is 1. The van der Waals surface area contributed by atoms with Crippen molar-refractivity contribution >= 4 is 27.7 Å². The van der Waals surface area contributed by atoms with Gasteiger partial charge < -0.3 is 15.4 Å². The summed E-state index contributed by atoms with van der Waals surface area (Å²) < 4.78 is 0. The lowest BCUT2D eigenvalue weighted by Crippen LogP contribution is -2.39. The molecule has 0 saturated heterocycles. The van der Waals surface area contributed by atoms with Crippen LogP contribution in [0.2, 0.25) is 0 Å². The molecule has 7 heteroatoms. The molecule has 0 aliphatic carbocycles. The number of aromatic nitrogens is 1. The zero-order valence-electron chi connectivity index (χ0n) is 10.3. The Labute approximate surface area is 113 Å². The third-order valence-electron chi connectivity index (χ3n) is 2.65. The van der Waals surface area contributed by atoms with E-state index in [9.17, 15) is 14.9 Å². The highest BCUT2D eigenvalue weighted by atomic mass is 79.9. The summed E-state index contributed by atoms with van der Waals surface area (Å²) in [7, 11) is 0. The first-order chi connectivity index (χ1) is 8.45. The standard InChI is InChI=1S/C11H16BrN3O3/c1-7(2)8(5-6-12)14-11(16)9-3-4-10(13-9)15(17)18/h3-4,7-8,13H,5-6H2,1-2H3,(H,14,16). The SMILES string of the molecule is CC(C)C(CCBr)NC(=O)c1ccc([N+](=O)[O-])[nH]1. The van der Waals surface area contributed by atoms with Crippen LogP contribution in [0.3, 0.4) is 0 Å². The molecule has 1 rings (SSSR count). The summed E-state index contributed by atoms with van der Waals surface area (Å²) in [6.45, 7) is 4.04. The van der Waals surface area contributed by atoms with Crippen molar-refractivity contribution in [3.05, 3.63) is 27.9 Å². The molecule has 6 nitrogen and oxygen atoms in total. The Morgan fingerprint density at radius 1 is 1.56 bits per heavy atom. The van der Waals surface area contributed by atoms with E-state index in [0.29, 0.717) is 5.92 Å². The van der Waals surface area contributed by atoms with Gasteiger partial charge in [-0.15, -0.1) is 0 Å². The fraction of sp³-hybridized carbons (Fsp3) is 0.545. The van der Waals surface area contributed by atoms with Crippen LogP contribution in [-0.2, 0) is 0 Å². The zero-order valence-corrected chi connectivity index (χ0v) is 11.9. The van der Waals surface area contributed by atoms with Crippen LogP contribution in [0.25, 0.3) is 0 Å². The lowest BCUT2D eigenvalue weighted by molar-refractivity contribution is -0.389. The second-order valence-corrected chi connectivity index (χ2v) is 5.11. The summed E-state index contributed by atoms with van der Waals surface area (Å²) >= 11 is 3.34. The number of H-pyrrole nitrogens is 1. The van der Waals surface area contributed by atoms with Gasteiger partial charge in [0.1, 0.15) is 0 Å². The average molecular weight is 318 g/mol. The topological polar surface area (TPSA) is 88.0 Å². The summed E-state index contributed by atoms with van der Waals surface area (Å²) in [6.07, 6.45) is 0.812. The first kappa shape index (κ1) is 14.7. The molecule has 1 atom stereocenters. The van der Waals surface area contributed by atoms with E-state index >= 15 is 0 Å². The van der Waals surface area contributed by atoms with Crippen molar-refractivity contribution in [1.82, 2.24) is 10.3 Å². The molecule has 1 aromatic rings. The van der Waals surface area contributed by atoms with E-state index in [-0.39, 0.29) is 23.5 Å². The molecule has 1 unspecified atom stereocenters. The Morgan fingerprint density at radius 2 is 2.22 bits per heavy atom. The minimum Gasteiger partial charge on any atom is -0.358 e. The van der Waals surface area contributed by atoms with Gasteiger partial charge in [-0.2, -0.15) is 0 Å². The van der Waals surface area contributed by atoms with Gasteiger partial charge in [0.2, 0.25) is 0 Å². The van der Waals surface area contributed by atoms with Crippen molar-refractivity contribution in [1.29, 1.82) is 0 Å². The highest BCUT2D eigenvalue weighted by Gasteiger charge is 2.20. The maximum Gasteiger partial charge on any atom is 0.321 e. The molecule has 0 saturated carbocycles. The normalized spacial score (nSPS) is 12.4. The first-order valence-electron chi connectivity index (χ1n) is 5.66. The van der Waals surface area contributed by atoms with Gasteiger partial charge in [0, 0.05) is 17.4 Å². The smallest absolute Gasteiger partial charge is 0.321 e. The Bertz CT molecular complexity index is 431. The zero-order chi connectivity index (χ0) is 13.7. The number of amides is 1. The van der Waals surface area contributed by atoms with Crippen molar-refractivity contribution in [3.8, 4) is 0 Å². The summed E-state index contributed by atoms with van der Waals surface area (Å²) in [6, 6.07) is 2.74. The number of nitro groups is 1. The molecule has 1 amide bonds. The summed E-state index contributed by atoms with van der Waals surface area (Å²) in [5.41, 5.74) is 0.210. The molecule has 0 spiro atoms. The number of nitrogens with zero attached hydrogens (tertiary/aromatic N) is 1. The van der Waals surface area contributed by atoms with Crippen LogP contribution in [0, 0.1) is 16.0 Å². The van der Waals surface area contributed by atoms with Gasteiger partial charge in [-0.25, -0.2) is 4.98 Å². The van der Waals surface area contributed by atoms with Gasteiger partial charge in [0.15, 0.2) is 5.69 Å². The molecular weight excluding hydrogens is 302 g/mol. The maximum atomic E-state index is 11.9. The fourth-order valence-electron chi connectivity index (χ4n) is 1.56. The molecule has 0 aliphatic heterocycles. The van der Waals surface area contributed by atoms with E-state index < -0.39 is 4.92 Å². The molecule has 1 heterocycles. The predicted molar refractivity (Wildman–Crippen MR) is 72.0 cm³/mol. The van der Waals surface area contributed by atoms with Gasteiger partial charge in [-0.1, -0.05) is 29.8 Å². The van der Waals surface area contributed by atoms with Crippen LogP contribution in [0.5, 0.6) is 0 Å². The van der Waals surface area contributed by atoms with Crippen molar-refractivity contribution < 1.29 is 9.72 Å². The second-order valence-electron chi connectivity index (χ2n) is 4.32. The number of aromatic amines is 1. The quantitative estimate of drug-likeness (QED) is 0.480. The van der Waals surface area contributed by atoms with E-state index in [2.05, 4.69) is 26.2 Å². The molecular formula is C11H16BrN3O3. The second kappa shape index (κ2) is 6.53. The third-order valence-corrected chi connectivity index (χ3v) is 3.11. The van der Waals surface area contributed by atoms with Gasteiger partial charge in [0.05, 0.1) is 0 Å². The highest BCUT2D eigenvalue weighted by molar-refractivity contribution is 9.09.